The Bertz CT molecular complexity index is 961. The summed E-state index contributed by atoms with van der Waals surface area (Å²) in [5, 5.41) is 11.4. The summed E-state index contributed by atoms with van der Waals surface area (Å²) >= 11 is 0. The van der Waals surface area contributed by atoms with Crippen LogP contribution in [-0.4, -0.2) is 23.6 Å². The third-order valence-corrected chi connectivity index (χ3v) is 5.98. The Balaban J connectivity index is 1.51. The van der Waals surface area contributed by atoms with Gasteiger partial charge in [0.1, 0.15) is 0 Å². The Kier molecular flexibility index (Phi) is 13.0. The first-order chi connectivity index (χ1) is 18.1. The molecule has 4 N–H and O–H groups in total. The zero-order chi connectivity index (χ0) is 27.9. The lowest BCUT2D eigenvalue weighted by Crippen LogP contribution is -2.17. The molecule has 0 saturated heterocycles. The number of nitrogens with one attached hydrogen (secondary N) is 4. The minimum atomic E-state index is -0.0876. The van der Waals surface area contributed by atoms with Crippen LogP contribution in [0.15, 0.2) is 48.5 Å². The van der Waals surface area contributed by atoms with Gasteiger partial charge in [-0.25, -0.2) is 0 Å². The van der Waals surface area contributed by atoms with Crippen LogP contribution in [0.3, 0.4) is 0 Å². The summed E-state index contributed by atoms with van der Waals surface area (Å²) in [4.78, 5) is 47.8. The molecule has 2 rings (SSSR count). The minimum absolute atomic E-state index is 0.0176. The van der Waals surface area contributed by atoms with E-state index >= 15 is 0 Å². The van der Waals surface area contributed by atoms with E-state index in [1.807, 2.05) is 27.7 Å². The lowest BCUT2D eigenvalue weighted by atomic mass is 10.1. The fourth-order valence-electron chi connectivity index (χ4n) is 3.57. The molecule has 206 valence electrons. The van der Waals surface area contributed by atoms with Crippen molar-refractivity contribution in [3.05, 3.63) is 48.5 Å². The minimum Gasteiger partial charge on any atom is -0.326 e. The van der Waals surface area contributed by atoms with Gasteiger partial charge in [-0.1, -0.05) is 53.4 Å². The number of anilines is 4. The Morgan fingerprint density at radius 1 is 0.474 bits per heavy atom. The molecule has 38 heavy (non-hydrogen) atoms. The van der Waals surface area contributed by atoms with Crippen LogP contribution in [0.25, 0.3) is 0 Å². The van der Waals surface area contributed by atoms with E-state index in [0.29, 0.717) is 35.6 Å². The van der Waals surface area contributed by atoms with Gasteiger partial charge in [0.2, 0.25) is 23.6 Å². The van der Waals surface area contributed by atoms with Crippen molar-refractivity contribution in [2.45, 2.75) is 79.1 Å². The summed E-state index contributed by atoms with van der Waals surface area (Å²) < 4.78 is 0. The predicted octanol–water partition coefficient (Wildman–Crippen LogP) is 6.57. The Morgan fingerprint density at radius 2 is 0.737 bits per heavy atom. The van der Waals surface area contributed by atoms with Crippen LogP contribution in [0.5, 0.6) is 0 Å². The van der Waals surface area contributed by atoms with Gasteiger partial charge in [0, 0.05) is 47.4 Å². The van der Waals surface area contributed by atoms with Gasteiger partial charge >= 0.3 is 0 Å². The number of amides is 4. The monoisotopic (exact) mass is 522 g/mol. The van der Waals surface area contributed by atoms with Gasteiger partial charge in [0.05, 0.1) is 0 Å². The normalized spacial score (nSPS) is 10.8. The third kappa shape index (κ3) is 12.0. The second kappa shape index (κ2) is 16.2. The highest BCUT2D eigenvalue weighted by Crippen LogP contribution is 2.17. The summed E-state index contributed by atoms with van der Waals surface area (Å²) in [6.45, 7) is 7.35. The molecule has 0 saturated carbocycles. The van der Waals surface area contributed by atoms with E-state index in [-0.39, 0.29) is 35.5 Å². The highest BCUT2D eigenvalue weighted by molar-refractivity contribution is 5.94. The number of carbonyl (C=O) groups is 4. The van der Waals surface area contributed by atoms with Crippen molar-refractivity contribution in [3.63, 3.8) is 0 Å². The molecule has 8 heteroatoms. The standard InChI is InChI=1S/C30H42N4O4/c1-21(2)29(37)33-25-17-13-23(14-18-25)31-27(35)11-9-7-5-6-8-10-12-28(36)32-24-15-19-26(20-16-24)34-30(38)22(3)4/h13-22H,5-12H2,1-4H3,(H,31,35)(H,32,36)(H,33,37)(H,34,38). The number of unbranched alkanes of at least 4 members (excludes halogenated alkanes) is 5. The molecular weight excluding hydrogens is 480 g/mol. The maximum Gasteiger partial charge on any atom is 0.226 e. The molecule has 8 nitrogen and oxygen atoms in total. The van der Waals surface area contributed by atoms with Crippen molar-refractivity contribution < 1.29 is 19.2 Å². The van der Waals surface area contributed by atoms with E-state index in [2.05, 4.69) is 21.3 Å². The SMILES string of the molecule is CC(C)C(=O)Nc1ccc(NC(=O)CCCCCCCCC(=O)Nc2ccc(NC(=O)C(C)C)cc2)cc1. The molecule has 0 aliphatic carbocycles. The van der Waals surface area contributed by atoms with Crippen LogP contribution in [0.4, 0.5) is 22.7 Å². The Labute approximate surface area is 226 Å². The molecule has 2 aromatic carbocycles. The summed E-state index contributed by atoms with van der Waals surface area (Å²) in [5.74, 6) is -0.291. The van der Waals surface area contributed by atoms with E-state index in [9.17, 15) is 19.2 Å². The van der Waals surface area contributed by atoms with Crippen LogP contribution < -0.4 is 21.3 Å². The first kappa shape index (κ1) is 30.5. The maximum absolute atomic E-state index is 12.2. The molecular formula is C30H42N4O4. The molecule has 4 amide bonds. The number of rotatable bonds is 15. The van der Waals surface area contributed by atoms with Crippen molar-refractivity contribution in [3.8, 4) is 0 Å². The second-order valence-corrected chi connectivity index (χ2v) is 10.2. The molecule has 0 atom stereocenters. The largest absolute Gasteiger partial charge is 0.326 e. The first-order valence-corrected chi connectivity index (χ1v) is 13.6. The third-order valence-electron chi connectivity index (χ3n) is 5.98. The Morgan fingerprint density at radius 3 is 1.03 bits per heavy atom. The lowest BCUT2D eigenvalue weighted by Gasteiger charge is -2.09. The first-order valence-electron chi connectivity index (χ1n) is 13.6. The van der Waals surface area contributed by atoms with E-state index in [1.165, 1.54) is 0 Å². The van der Waals surface area contributed by atoms with Gasteiger partial charge in [-0.05, 0) is 61.4 Å². The molecule has 0 aliphatic heterocycles. The topological polar surface area (TPSA) is 116 Å². The van der Waals surface area contributed by atoms with Gasteiger partial charge in [-0.3, -0.25) is 19.2 Å². The zero-order valence-corrected chi connectivity index (χ0v) is 23.1. The van der Waals surface area contributed by atoms with Crippen molar-refractivity contribution in [1.29, 1.82) is 0 Å². The second-order valence-electron chi connectivity index (χ2n) is 10.2. The van der Waals surface area contributed by atoms with Crippen LogP contribution >= 0.6 is 0 Å². The molecule has 0 heterocycles. The smallest absolute Gasteiger partial charge is 0.226 e. The molecule has 0 radical (unpaired) electrons. The van der Waals surface area contributed by atoms with Gasteiger partial charge in [-0.15, -0.1) is 0 Å². The molecule has 0 aromatic heterocycles. The fraction of sp³-hybridized carbons (Fsp3) is 0.467. The molecule has 0 unspecified atom stereocenters. The highest BCUT2D eigenvalue weighted by atomic mass is 16.2. The van der Waals surface area contributed by atoms with E-state index in [4.69, 9.17) is 0 Å². The number of hydrogen-bond donors (Lipinski definition) is 4. The van der Waals surface area contributed by atoms with Crippen molar-refractivity contribution in [1.82, 2.24) is 0 Å². The molecule has 2 aromatic rings. The lowest BCUT2D eigenvalue weighted by molar-refractivity contribution is -0.119. The summed E-state index contributed by atoms with van der Waals surface area (Å²) in [6, 6.07) is 14.3. The zero-order valence-electron chi connectivity index (χ0n) is 23.1. The number of carbonyl (C=O) groups excluding carboxylic acids is 4. The van der Waals surface area contributed by atoms with Crippen molar-refractivity contribution >= 4 is 46.4 Å². The van der Waals surface area contributed by atoms with E-state index in [1.54, 1.807) is 48.5 Å². The van der Waals surface area contributed by atoms with Gasteiger partial charge in [0.25, 0.3) is 0 Å². The van der Waals surface area contributed by atoms with Gasteiger partial charge < -0.3 is 21.3 Å². The Hall–Kier alpha value is -3.68. The molecule has 0 bridgehead atoms. The van der Waals surface area contributed by atoms with E-state index < -0.39 is 0 Å². The van der Waals surface area contributed by atoms with Crippen LogP contribution in [-0.2, 0) is 19.2 Å². The number of benzene rings is 2. The average molecular weight is 523 g/mol. The molecule has 0 fully saturated rings. The van der Waals surface area contributed by atoms with Gasteiger partial charge in [0.15, 0.2) is 0 Å². The fourth-order valence-corrected chi connectivity index (χ4v) is 3.57. The summed E-state index contributed by atoms with van der Waals surface area (Å²) in [6.07, 6.45) is 6.58. The summed E-state index contributed by atoms with van der Waals surface area (Å²) in [7, 11) is 0. The highest BCUT2D eigenvalue weighted by Gasteiger charge is 2.09. The summed E-state index contributed by atoms with van der Waals surface area (Å²) in [5.41, 5.74) is 2.85. The molecule has 0 aliphatic rings. The van der Waals surface area contributed by atoms with Crippen LogP contribution in [0.1, 0.15) is 79.1 Å². The maximum atomic E-state index is 12.2. The predicted molar refractivity (Wildman–Crippen MR) is 154 cm³/mol. The average Bonchev–Trinajstić information content (AvgIpc) is 2.87. The molecule has 0 spiro atoms. The van der Waals surface area contributed by atoms with Gasteiger partial charge in [-0.2, -0.15) is 0 Å². The van der Waals surface area contributed by atoms with Crippen molar-refractivity contribution in [2.24, 2.45) is 11.8 Å². The van der Waals surface area contributed by atoms with Crippen LogP contribution in [0, 0.1) is 11.8 Å². The van der Waals surface area contributed by atoms with E-state index in [0.717, 1.165) is 38.5 Å². The number of hydrogen-bond acceptors (Lipinski definition) is 4. The quantitative estimate of drug-likeness (QED) is 0.198. The van der Waals surface area contributed by atoms with Crippen LogP contribution in [0.2, 0.25) is 0 Å². The van der Waals surface area contributed by atoms with Crippen molar-refractivity contribution in [2.75, 3.05) is 21.3 Å².